The SMILES string of the molecule is CC(C)C[C@@H](NC(=O)c1ccccc1OC(F)C(=O)NC1(C)CC1)C(=O)N1CCC[C@@H]1C(=O)N1CCN(C)[C@@H](Cc2ccccc2)C1. The van der Waals surface area contributed by atoms with Gasteiger partial charge in [0.2, 0.25) is 11.8 Å². The fourth-order valence-corrected chi connectivity index (χ4v) is 6.47. The van der Waals surface area contributed by atoms with Crippen LogP contribution in [0, 0.1) is 5.92 Å². The second kappa shape index (κ2) is 14.8. The van der Waals surface area contributed by atoms with E-state index < -0.39 is 35.8 Å². The van der Waals surface area contributed by atoms with Gasteiger partial charge in [0.25, 0.3) is 11.8 Å². The molecule has 0 spiro atoms. The van der Waals surface area contributed by atoms with Crippen molar-refractivity contribution in [3.8, 4) is 5.75 Å². The van der Waals surface area contributed by atoms with Gasteiger partial charge in [0.15, 0.2) is 0 Å². The Balaban J connectivity index is 1.26. The van der Waals surface area contributed by atoms with Crippen molar-refractivity contribution in [3.05, 3.63) is 65.7 Å². The van der Waals surface area contributed by atoms with Gasteiger partial charge in [-0.2, -0.15) is 4.39 Å². The highest BCUT2D eigenvalue weighted by Gasteiger charge is 2.42. The van der Waals surface area contributed by atoms with Crippen LogP contribution >= 0.6 is 0 Å². The minimum Gasteiger partial charge on any atom is -0.451 e. The van der Waals surface area contributed by atoms with E-state index in [9.17, 15) is 23.6 Å². The van der Waals surface area contributed by atoms with E-state index in [1.54, 1.807) is 17.0 Å². The van der Waals surface area contributed by atoms with Gasteiger partial charge in [0, 0.05) is 37.8 Å². The molecule has 3 aliphatic rings. The van der Waals surface area contributed by atoms with Crippen LogP contribution in [0.2, 0.25) is 0 Å². The van der Waals surface area contributed by atoms with Crippen molar-refractivity contribution in [3.63, 3.8) is 0 Å². The van der Waals surface area contributed by atoms with Crippen molar-refractivity contribution < 1.29 is 28.3 Å². The molecule has 10 nitrogen and oxygen atoms in total. The molecule has 0 bridgehead atoms. The van der Waals surface area contributed by atoms with Gasteiger partial charge in [0.05, 0.1) is 5.56 Å². The fraction of sp³-hybridized carbons (Fsp3) is 0.556. The van der Waals surface area contributed by atoms with Gasteiger partial charge in [-0.25, -0.2) is 0 Å². The molecule has 47 heavy (non-hydrogen) atoms. The molecule has 0 aromatic heterocycles. The number of hydrogen-bond donors (Lipinski definition) is 2. The van der Waals surface area contributed by atoms with Gasteiger partial charge in [-0.15, -0.1) is 0 Å². The maximum absolute atomic E-state index is 14.8. The zero-order chi connectivity index (χ0) is 33.7. The maximum atomic E-state index is 14.8. The van der Waals surface area contributed by atoms with Crippen LogP contribution in [0.1, 0.15) is 68.8 Å². The first-order chi connectivity index (χ1) is 22.4. The van der Waals surface area contributed by atoms with Gasteiger partial charge >= 0.3 is 6.36 Å². The number of nitrogens with zero attached hydrogens (tertiary/aromatic N) is 3. The van der Waals surface area contributed by atoms with E-state index in [1.807, 2.05) is 43.9 Å². The molecule has 1 aliphatic carbocycles. The van der Waals surface area contributed by atoms with Gasteiger partial charge in [-0.05, 0) is 76.1 Å². The number of hydrogen-bond acceptors (Lipinski definition) is 6. The summed E-state index contributed by atoms with van der Waals surface area (Å²) in [6, 6.07) is 15.0. The Hall–Kier alpha value is -3.99. The molecule has 254 valence electrons. The summed E-state index contributed by atoms with van der Waals surface area (Å²) in [6.07, 6.45) is 1.68. The molecule has 0 radical (unpaired) electrons. The summed E-state index contributed by atoms with van der Waals surface area (Å²) >= 11 is 0. The highest BCUT2D eigenvalue weighted by molar-refractivity contribution is 6.00. The van der Waals surface area contributed by atoms with E-state index in [0.717, 1.165) is 25.8 Å². The average Bonchev–Trinajstić information content (AvgIpc) is 3.56. The molecule has 11 heteroatoms. The first-order valence-corrected chi connectivity index (χ1v) is 16.8. The van der Waals surface area contributed by atoms with Crippen LogP contribution in [-0.4, -0.2) is 102 Å². The summed E-state index contributed by atoms with van der Waals surface area (Å²) in [7, 11) is 2.08. The molecule has 3 fully saturated rings. The van der Waals surface area contributed by atoms with Crippen LogP contribution in [-0.2, 0) is 20.8 Å². The molecule has 2 aromatic rings. The average molecular weight is 650 g/mol. The lowest BCUT2D eigenvalue weighted by Crippen LogP contribution is -2.59. The Bertz CT molecular complexity index is 1430. The number of alkyl halides is 1. The van der Waals surface area contributed by atoms with Crippen molar-refractivity contribution in [1.82, 2.24) is 25.3 Å². The van der Waals surface area contributed by atoms with Crippen molar-refractivity contribution in [2.75, 3.05) is 33.2 Å². The molecule has 4 amide bonds. The third-order valence-electron chi connectivity index (χ3n) is 9.53. The highest BCUT2D eigenvalue weighted by Crippen LogP contribution is 2.34. The first-order valence-electron chi connectivity index (χ1n) is 16.8. The predicted octanol–water partition coefficient (Wildman–Crippen LogP) is 3.55. The van der Waals surface area contributed by atoms with Crippen LogP contribution in [0.3, 0.4) is 0 Å². The summed E-state index contributed by atoms with van der Waals surface area (Å²) < 4.78 is 20.1. The minimum atomic E-state index is -2.30. The lowest BCUT2D eigenvalue weighted by molar-refractivity contribution is -0.146. The van der Waals surface area contributed by atoms with Crippen LogP contribution in [0.5, 0.6) is 5.75 Å². The zero-order valence-corrected chi connectivity index (χ0v) is 27.9. The zero-order valence-electron chi connectivity index (χ0n) is 27.9. The standard InChI is InChI=1S/C36H48FN5O5/c1-24(2)21-28(38-32(43)27-13-8-9-15-30(27)47-31(37)33(44)39-36(3)16-17-36)34(45)42-18-10-14-29(42)35(46)41-20-19-40(4)26(23-41)22-25-11-6-5-7-12-25/h5-9,11-13,15,24,26,28-29,31H,10,14,16-23H2,1-4H3,(H,38,43)(H,39,44)/t26-,28+,29+,31?/m0/s1. The van der Waals surface area contributed by atoms with E-state index in [0.29, 0.717) is 38.9 Å². The largest absolute Gasteiger partial charge is 0.451 e. The molecule has 1 saturated carbocycles. The number of carbonyl (C=O) groups excluding carboxylic acids is 4. The number of para-hydroxylation sites is 1. The van der Waals surface area contributed by atoms with Crippen molar-refractivity contribution in [2.45, 2.75) is 89.3 Å². The number of halogens is 1. The summed E-state index contributed by atoms with van der Waals surface area (Å²) in [4.78, 5) is 59.8. The molecule has 2 aromatic carbocycles. The molecule has 2 N–H and O–H groups in total. The third kappa shape index (κ3) is 8.68. The summed E-state index contributed by atoms with van der Waals surface area (Å²) in [6.45, 7) is 8.10. The normalized spacial score (nSPS) is 22.0. The maximum Gasteiger partial charge on any atom is 0.316 e. The molecular formula is C36H48FN5O5. The molecule has 2 heterocycles. The van der Waals surface area contributed by atoms with Crippen LogP contribution in [0.4, 0.5) is 4.39 Å². The number of rotatable bonds is 12. The Morgan fingerprint density at radius 3 is 2.40 bits per heavy atom. The Morgan fingerprint density at radius 1 is 1.00 bits per heavy atom. The molecule has 5 rings (SSSR count). The monoisotopic (exact) mass is 649 g/mol. The van der Waals surface area contributed by atoms with E-state index in [4.69, 9.17) is 4.74 Å². The highest BCUT2D eigenvalue weighted by atomic mass is 19.1. The van der Waals surface area contributed by atoms with Crippen LogP contribution < -0.4 is 15.4 Å². The second-order valence-electron chi connectivity index (χ2n) is 13.9. The predicted molar refractivity (Wildman–Crippen MR) is 176 cm³/mol. The minimum absolute atomic E-state index is 0.0121. The van der Waals surface area contributed by atoms with Crippen molar-refractivity contribution in [1.29, 1.82) is 0 Å². The molecule has 2 aliphatic heterocycles. The van der Waals surface area contributed by atoms with Crippen molar-refractivity contribution in [2.24, 2.45) is 5.92 Å². The molecular weight excluding hydrogens is 601 g/mol. The topological polar surface area (TPSA) is 111 Å². The lowest BCUT2D eigenvalue weighted by atomic mass is 10.0. The van der Waals surface area contributed by atoms with E-state index in [1.165, 1.54) is 17.7 Å². The first kappa shape index (κ1) is 34.3. The number of likely N-dealkylation sites (N-methyl/N-ethyl adjacent to an activating group) is 1. The fourth-order valence-electron chi connectivity index (χ4n) is 6.47. The number of amides is 4. The van der Waals surface area contributed by atoms with E-state index >= 15 is 0 Å². The van der Waals surface area contributed by atoms with Gasteiger partial charge in [0.1, 0.15) is 17.8 Å². The number of likely N-dealkylation sites (tertiary alicyclic amines) is 1. The molecule has 1 unspecified atom stereocenters. The van der Waals surface area contributed by atoms with E-state index in [-0.39, 0.29) is 35.1 Å². The van der Waals surface area contributed by atoms with Gasteiger partial charge in [-0.1, -0.05) is 56.3 Å². The van der Waals surface area contributed by atoms with Gasteiger partial charge < -0.3 is 25.2 Å². The van der Waals surface area contributed by atoms with E-state index in [2.05, 4.69) is 34.7 Å². The Morgan fingerprint density at radius 2 is 1.70 bits per heavy atom. The smallest absolute Gasteiger partial charge is 0.316 e. The lowest BCUT2D eigenvalue weighted by Gasteiger charge is -2.41. The summed E-state index contributed by atoms with van der Waals surface area (Å²) in [5, 5.41) is 5.47. The number of carbonyl (C=O) groups is 4. The number of piperazine rings is 1. The number of nitrogens with one attached hydrogen (secondary N) is 2. The molecule has 2 saturated heterocycles. The summed E-state index contributed by atoms with van der Waals surface area (Å²) in [5.74, 6) is -1.92. The Kier molecular flexibility index (Phi) is 10.8. The van der Waals surface area contributed by atoms with Crippen LogP contribution in [0.15, 0.2) is 54.6 Å². The second-order valence-corrected chi connectivity index (χ2v) is 13.9. The third-order valence-corrected chi connectivity index (χ3v) is 9.53. The number of ether oxygens (including phenoxy) is 1. The van der Waals surface area contributed by atoms with Gasteiger partial charge in [-0.3, -0.25) is 24.1 Å². The van der Waals surface area contributed by atoms with Crippen LogP contribution in [0.25, 0.3) is 0 Å². The quantitative estimate of drug-likeness (QED) is 0.364. The number of benzene rings is 2. The van der Waals surface area contributed by atoms with Crippen molar-refractivity contribution >= 4 is 23.6 Å². The molecule has 4 atom stereocenters. The Labute approximate surface area is 277 Å². The summed E-state index contributed by atoms with van der Waals surface area (Å²) in [5.41, 5.74) is 0.807.